The Kier molecular flexibility index (Phi) is 3.37. The predicted octanol–water partition coefficient (Wildman–Crippen LogP) is 2.76. The second-order valence-electron chi connectivity index (χ2n) is 3.38. The van der Waals surface area contributed by atoms with E-state index in [0.717, 1.165) is 22.2 Å². The van der Waals surface area contributed by atoms with Crippen LogP contribution in [0.2, 0.25) is 5.02 Å². The maximum Gasteiger partial charge on any atom is 0.135 e. The molecule has 0 bridgehead atoms. The van der Waals surface area contributed by atoms with Crippen LogP contribution in [-0.4, -0.2) is 17.0 Å². The molecule has 4 heteroatoms. The van der Waals surface area contributed by atoms with Gasteiger partial charge in [0.25, 0.3) is 0 Å². The highest BCUT2D eigenvalue weighted by Crippen LogP contribution is 2.17. The third-order valence-electron chi connectivity index (χ3n) is 2.27. The Balaban J connectivity index is 2.24. The molecule has 2 aromatic rings. The van der Waals surface area contributed by atoms with Crippen molar-refractivity contribution < 1.29 is 0 Å². The van der Waals surface area contributed by atoms with Crippen molar-refractivity contribution in [2.24, 2.45) is 0 Å². The van der Waals surface area contributed by atoms with Crippen molar-refractivity contribution in [1.29, 1.82) is 0 Å². The van der Waals surface area contributed by atoms with Gasteiger partial charge in [-0.3, -0.25) is 0 Å². The van der Waals surface area contributed by atoms with E-state index >= 15 is 0 Å². The number of hydrogen-bond donors (Lipinski definition) is 1. The minimum atomic E-state index is 0.648. The zero-order valence-corrected chi connectivity index (χ0v) is 9.70. The highest BCUT2D eigenvalue weighted by Gasteiger charge is 2.03. The Morgan fingerprint density at radius 3 is 2.81 bits per heavy atom. The molecule has 0 spiro atoms. The van der Waals surface area contributed by atoms with Gasteiger partial charge in [-0.1, -0.05) is 29.8 Å². The molecule has 0 saturated heterocycles. The lowest BCUT2D eigenvalue weighted by atomic mass is 10.1. The van der Waals surface area contributed by atoms with Gasteiger partial charge in [-0.2, -0.15) is 0 Å². The van der Waals surface area contributed by atoms with E-state index in [2.05, 4.69) is 15.3 Å². The zero-order valence-electron chi connectivity index (χ0n) is 8.94. The van der Waals surface area contributed by atoms with Crippen molar-refractivity contribution in [2.45, 2.75) is 6.42 Å². The van der Waals surface area contributed by atoms with E-state index in [1.807, 2.05) is 37.4 Å². The minimum Gasteiger partial charge on any atom is -0.373 e. The quantitative estimate of drug-likeness (QED) is 0.886. The summed E-state index contributed by atoms with van der Waals surface area (Å²) in [7, 11) is 1.83. The van der Waals surface area contributed by atoms with Crippen LogP contribution in [0.5, 0.6) is 0 Å². The first-order chi connectivity index (χ1) is 7.79. The van der Waals surface area contributed by atoms with Gasteiger partial charge in [-0.15, -0.1) is 0 Å². The molecule has 0 radical (unpaired) electrons. The van der Waals surface area contributed by atoms with Gasteiger partial charge in [0.1, 0.15) is 11.6 Å². The van der Waals surface area contributed by atoms with Crippen molar-refractivity contribution in [3.05, 3.63) is 52.9 Å². The van der Waals surface area contributed by atoms with Crippen molar-refractivity contribution in [3.8, 4) is 0 Å². The summed E-state index contributed by atoms with van der Waals surface area (Å²) in [5, 5.41) is 3.73. The van der Waals surface area contributed by atoms with Crippen LogP contribution in [-0.2, 0) is 6.42 Å². The Morgan fingerprint density at radius 2 is 2.06 bits per heavy atom. The van der Waals surface area contributed by atoms with E-state index in [9.17, 15) is 0 Å². The van der Waals surface area contributed by atoms with Crippen LogP contribution < -0.4 is 5.32 Å². The van der Waals surface area contributed by atoms with Gasteiger partial charge in [-0.05, 0) is 17.7 Å². The molecule has 2 rings (SSSR count). The van der Waals surface area contributed by atoms with E-state index in [0.29, 0.717) is 6.42 Å². The molecule has 0 amide bonds. The fraction of sp³-hybridized carbons (Fsp3) is 0.167. The Bertz CT molecular complexity index is 485. The predicted molar refractivity (Wildman–Crippen MR) is 65.8 cm³/mol. The van der Waals surface area contributed by atoms with Gasteiger partial charge >= 0.3 is 0 Å². The lowest BCUT2D eigenvalue weighted by Crippen LogP contribution is -2.00. The van der Waals surface area contributed by atoms with Crippen LogP contribution in [0.25, 0.3) is 0 Å². The third-order valence-corrected chi connectivity index (χ3v) is 2.64. The summed E-state index contributed by atoms with van der Waals surface area (Å²) in [5.74, 6) is 1.58. The first-order valence-electron chi connectivity index (χ1n) is 5.02. The van der Waals surface area contributed by atoms with Gasteiger partial charge in [-0.25, -0.2) is 9.97 Å². The Morgan fingerprint density at radius 1 is 1.25 bits per heavy atom. The summed E-state index contributed by atoms with van der Waals surface area (Å²) in [6.07, 6.45) is 2.39. The molecule has 0 aliphatic rings. The first-order valence-corrected chi connectivity index (χ1v) is 5.40. The molecule has 0 aliphatic heterocycles. The second-order valence-corrected chi connectivity index (χ2v) is 3.78. The lowest BCUT2D eigenvalue weighted by molar-refractivity contribution is 0.969. The SMILES string of the molecule is CNc1ccnc(Cc2ccccc2Cl)n1. The Hall–Kier alpha value is -1.61. The largest absolute Gasteiger partial charge is 0.373 e. The van der Waals surface area contributed by atoms with Crippen LogP contribution in [0.4, 0.5) is 5.82 Å². The van der Waals surface area contributed by atoms with Gasteiger partial charge in [0.15, 0.2) is 0 Å². The standard InChI is InChI=1S/C12H12ClN3/c1-14-11-6-7-15-12(16-11)8-9-4-2-3-5-10(9)13/h2-7H,8H2,1H3,(H,14,15,16). The molecule has 0 atom stereocenters. The van der Waals surface area contributed by atoms with Crippen LogP contribution in [0.3, 0.4) is 0 Å². The van der Waals surface area contributed by atoms with Gasteiger partial charge < -0.3 is 5.32 Å². The van der Waals surface area contributed by atoms with Gasteiger partial charge in [0.2, 0.25) is 0 Å². The molecule has 1 heterocycles. The molecule has 1 N–H and O–H groups in total. The second kappa shape index (κ2) is 4.94. The van der Waals surface area contributed by atoms with Crippen LogP contribution in [0.1, 0.15) is 11.4 Å². The van der Waals surface area contributed by atoms with Crippen LogP contribution in [0.15, 0.2) is 36.5 Å². The average Bonchev–Trinajstić information content (AvgIpc) is 2.32. The normalized spacial score (nSPS) is 10.1. The maximum atomic E-state index is 6.08. The van der Waals surface area contributed by atoms with E-state index in [4.69, 9.17) is 11.6 Å². The molecule has 1 aromatic heterocycles. The summed E-state index contributed by atoms with van der Waals surface area (Å²) in [6.45, 7) is 0. The number of nitrogens with zero attached hydrogens (tertiary/aromatic N) is 2. The van der Waals surface area contributed by atoms with E-state index in [-0.39, 0.29) is 0 Å². The zero-order chi connectivity index (χ0) is 11.4. The summed E-state index contributed by atoms with van der Waals surface area (Å²) in [4.78, 5) is 8.56. The smallest absolute Gasteiger partial charge is 0.135 e. The monoisotopic (exact) mass is 233 g/mol. The maximum absolute atomic E-state index is 6.08. The number of halogens is 1. The van der Waals surface area contributed by atoms with Crippen molar-refractivity contribution >= 4 is 17.4 Å². The number of hydrogen-bond acceptors (Lipinski definition) is 3. The summed E-state index contributed by atoms with van der Waals surface area (Å²) in [5.41, 5.74) is 1.04. The van der Waals surface area contributed by atoms with E-state index in [1.54, 1.807) is 6.20 Å². The summed E-state index contributed by atoms with van der Waals surface area (Å²) >= 11 is 6.08. The average molecular weight is 234 g/mol. The van der Waals surface area contributed by atoms with Crippen LogP contribution >= 0.6 is 11.6 Å². The number of rotatable bonds is 3. The van der Waals surface area contributed by atoms with E-state index < -0.39 is 0 Å². The molecule has 3 nitrogen and oxygen atoms in total. The number of benzene rings is 1. The van der Waals surface area contributed by atoms with Gasteiger partial charge in [0.05, 0.1) is 0 Å². The fourth-order valence-corrected chi connectivity index (χ4v) is 1.64. The summed E-state index contributed by atoms with van der Waals surface area (Å²) in [6, 6.07) is 9.56. The van der Waals surface area contributed by atoms with Crippen molar-refractivity contribution in [2.75, 3.05) is 12.4 Å². The minimum absolute atomic E-state index is 0.648. The molecule has 0 fully saturated rings. The molecule has 0 unspecified atom stereocenters. The van der Waals surface area contributed by atoms with E-state index in [1.165, 1.54) is 0 Å². The number of aromatic nitrogens is 2. The highest BCUT2D eigenvalue weighted by molar-refractivity contribution is 6.31. The lowest BCUT2D eigenvalue weighted by Gasteiger charge is -2.04. The molecule has 0 saturated carbocycles. The topological polar surface area (TPSA) is 37.8 Å². The third kappa shape index (κ3) is 2.49. The summed E-state index contributed by atoms with van der Waals surface area (Å²) < 4.78 is 0. The molecular weight excluding hydrogens is 222 g/mol. The highest BCUT2D eigenvalue weighted by atomic mass is 35.5. The van der Waals surface area contributed by atoms with Crippen molar-refractivity contribution in [3.63, 3.8) is 0 Å². The molecular formula is C12H12ClN3. The number of nitrogens with one attached hydrogen (secondary N) is 1. The van der Waals surface area contributed by atoms with Crippen molar-refractivity contribution in [1.82, 2.24) is 9.97 Å². The number of anilines is 1. The fourth-order valence-electron chi connectivity index (χ4n) is 1.44. The molecule has 0 aliphatic carbocycles. The first kappa shape index (κ1) is 10.9. The Labute approximate surface area is 99.5 Å². The molecule has 1 aromatic carbocycles. The molecule has 82 valence electrons. The molecule has 16 heavy (non-hydrogen) atoms. The van der Waals surface area contributed by atoms with Crippen LogP contribution in [0, 0.1) is 0 Å². The van der Waals surface area contributed by atoms with Gasteiger partial charge in [0, 0.05) is 24.7 Å².